The first-order valence-electron chi connectivity index (χ1n) is 6.29. The summed E-state index contributed by atoms with van der Waals surface area (Å²) in [6, 6.07) is 4.01. The Kier molecular flexibility index (Phi) is 3.46. The van der Waals surface area contributed by atoms with Crippen molar-refractivity contribution >= 4 is 37.8 Å². The lowest BCUT2D eigenvalue weighted by molar-refractivity contribution is 0.0689. The molecule has 0 bridgehead atoms. The molecule has 0 amide bonds. The van der Waals surface area contributed by atoms with Crippen LogP contribution in [0.2, 0.25) is 0 Å². The Morgan fingerprint density at radius 2 is 1.95 bits per heavy atom. The molecule has 0 spiro atoms. The summed E-state index contributed by atoms with van der Waals surface area (Å²) in [6.07, 6.45) is 2.63. The molecule has 6 heteroatoms. The summed E-state index contributed by atoms with van der Waals surface area (Å²) >= 11 is 7.10. The molecule has 1 aromatic heterocycles. The minimum absolute atomic E-state index is 0.178. The van der Waals surface area contributed by atoms with Gasteiger partial charge in [0.15, 0.2) is 5.69 Å². The van der Waals surface area contributed by atoms with Crippen molar-refractivity contribution in [2.24, 2.45) is 0 Å². The highest BCUT2D eigenvalue weighted by Crippen LogP contribution is 2.35. The number of aromatic carboxylic acids is 1. The van der Waals surface area contributed by atoms with Crippen molar-refractivity contribution in [3.05, 3.63) is 43.6 Å². The highest BCUT2D eigenvalue weighted by Gasteiger charge is 2.28. The fraction of sp³-hybridized carbons (Fsp3) is 0.286. The van der Waals surface area contributed by atoms with Crippen LogP contribution in [0, 0.1) is 6.92 Å². The predicted molar refractivity (Wildman–Crippen MR) is 82.7 cm³/mol. The number of aromatic nitrogens is 2. The van der Waals surface area contributed by atoms with E-state index < -0.39 is 5.97 Å². The lowest BCUT2D eigenvalue weighted by atomic mass is 10.2. The van der Waals surface area contributed by atoms with Crippen LogP contribution in [-0.4, -0.2) is 20.9 Å². The van der Waals surface area contributed by atoms with Gasteiger partial charge in [-0.3, -0.25) is 0 Å². The summed E-state index contributed by atoms with van der Waals surface area (Å²) in [4.78, 5) is 11.3. The first kappa shape index (κ1) is 13.8. The minimum atomic E-state index is -0.957. The number of nitrogens with zero attached hydrogens (tertiary/aromatic N) is 2. The molecule has 0 atom stereocenters. The Hall–Kier alpha value is -1.14. The monoisotopic (exact) mass is 398 g/mol. The second-order valence-electron chi connectivity index (χ2n) is 4.92. The summed E-state index contributed by atoms with van der Waals surface area (Å²) in [5, 5.41) is 13.6. The lowest BCUT2D eigenvalue weighted by Gasteiger charge is -2.11. The van der Waals surface area contributed by atoms with E-state index in [0.29, 0.717) is 0 Å². The molecule has 1 aromatic carbocycles. The highest BCUT2D eigenvalue weighted by atomic mass is 79.9. The number of hydrogen-bond donors (Lipinski definition) is 1. The van der Waals surface area contributed by atoms with Crippen LogP contribution in [0.15, 0.2) is 21.1 Å². The van der Waals surface area contributed by atoms with Crippen molar-refractivity contribution < 1.29 is 9.90 Å². The van der Waals surface area contributed by atoms with E-state index in [-0.39, 0.29) is 5.69 Å². The summed E-state index contributed by atoms with van der Waals surface area (Å²) in [5.41, 5.74) is 4.04. The molecule has 104 valence electrons. The third kappa shape index (κ3) is 2.11. The number of aryl methyl sites for hydroxylation is 1. The highest BCUT2D eigenvalue weighted by molar-refractivity contribution is 9.11. The maximum Gasteiger partial charge on any atom is 0.356 e. The first-order chi connectivity index (χ1) is 9.49. The van der Waals surface area contributed by atoms with Gasteiger partial charge in [-0.05, 0) is 75.7 Å². The quantitative estimate of drug-likeness (QED) is 0.833. The summed E-state index contributed by atoms with van der Waals surface area (Å²) in [5.74, 6) is -0.957. The van der Waals surface area contributed by atoms with Crippen molar-refractivity contribution in [1.29, 1.82) is 0 Å². The number of fused-ring (bicyclic) bond motifs is 1. The van der Waals surface area contributed by atoms with E-state index in [1.807, 2.05) is 19.1 Å². The normalized spacial score (nSPS) is 13.6. The van der Waals surface area contributed by atoms with Crippen LogP contribution in [0.5, 0.6) is 0 Å². The molecule has 3 rings (SSSR count). The maximum absolute atomic E-state index is 11.3. The molecule has 1 aliphatic rings. The number of carboxylic acid groups (broad SMARTS) is 1. The van der Waals surface area contributed by atoms with Gasteiger partial charge in [-0.15, -0.1) is 0 Å². The van der Waals surface area contributed by atoms with Gasteiger partial charge in [-0.25, -0.2) is 9.48 Å². The molecule has 2 aromatic rings. The number of rotatable bonds is 2. The summed E-state index contributed by atoms with van der Waals surface area (Å²) in [7, 11) is 0. The van der Waals surface area contributed by atoms with Gasteiger partial charge in [0.1, 0.15) is 0 Å². The van der Waals surface area contributed by atoms with Gasteiger partial charge < -0.3 is 5.11 Å². The number of hydrogen-bond acceptors (Lipinski definition) is 2. The zero-order valence-electron chi connectivity index (χ0n) is 10.8. The van der Waals surface area contributed by atoms with Gasteiger partial charge in [-0.2, -0.15) is 5.10 Å². The van der Waals surface area contributed by atoms with E-state index in [1.165, 1.54) is 0 Å². The summed E-state index contributed by atoms with van der Waals surface area (Å²) in [6.45, 7) is 2.01. The second kappa shape index (κ2) is 5.00. The lowest BCUT2D eigenvalue weighted by Crippen LogP contribution is -2.06. The van der Waals surface area contributed by atoms with Crippen molar-refractivity contribution in [2.75, 3.05) is 0 Å². The predicted octanol–water partition coefficient (Wildman–Crippen LogP) is 3.89. The molecule has 1 aliphatic carbocycles. The molecule has 0 saturated carbocycles. The smallest absolute Gasteiger partial charge is 0.356 e. The molecular formula is C14H12Br2N2O2. The third-order valence-electron chi connectivity index (χ3n) is 3.51. The third-order valence-corrected chi connectivity index (χ3v) is 4.71. The zero-order valence-corrected chi connectivity index (χ0v) is 14.0. The Morgan fingerprint density at radius 3 is 2.55 bits per heavy atom. The molecule has 0 saturated heterocycles. The Bertz CT molecular complexity index is 699. The van der Waals surface area contributed by atoms with Crippen molar-refractivity contribution in [3.8, 4) is 5.69 Å². The molecule has 0 fully saturated rings. The maximum atomic E-state index is 11.3. The van der Waals surface area contributed by atoms with E-state index >= 15 is 0 Å². The van der Waals surface area contributed by atoms with Crippen LogP contribution in [0.1, 0.15) is 33.7 Å². The SMILES string of the molecule is Cc1cc(Br)c(-n2nc(C(=O)O)c3c2CCC3)c(Br)c1. The van der Waals surface area contributed by atoms with E-state index in [9.17, 15) is 9.90 Å². The van der Waals surface area contributed by atoms with Gasteiger partial charge in [0, 0.05) is 20.2 Å². The van der Waals surface area contributed by atoms with Crippen LogP contribution in [0.4, 0.5) is 0 Å². The fourth-order valence-electron chi connectivity index (χ4n) is 2.69. The van der Waals surface area contributed by atoms with Crippen LogP contribution in [0.25, 0.3) is 5.69 Å². The molecular weight excluding hydrogens is 388 g/mol. The number of benzene rings is 1. The molecule has 0 radical (unpaired) electrons. The average molecular weight is 400 g/mol. The standard InChI is InChI=1S/C14H12Br2N2O2/c1-7-5-9(15)13(10(16)6-7)18-11-4-2-3-8(11)12(17-18)14(19)20/h5-6H,2-4H2,1H3,(H,19,20). The minimum Gasteiger partial charge on any atom is -0.476 e. The van der Waals surface area contributed by atoms with Crippen LogP contribution >= 0.6 is 31.9 Å². The fourth-order valence-corrected chi connectivity index (χ4v) is 4.44. The Morgan fingerprint density at radius 1 is 1.30 bits per heavy atom. The number of carbonyl (C=O) groups is 1. The van der Waals surface area contributed by atoms with Crippen molar-refractivity contribution in [1.82, 2.24) is 9.78 Å². The van der Waals surface area contributed by atoms with Gasteiger partial charge >= 0.3 is 5.97 Å². The van der Waals surface area contributed by atoms with Crippen LogP contribution < -0.4 is 0 Å². The number of carboxylic acids is 1. The Labute approximate surface area is 133 Å². The molecule has 0 aliphatic heterocycles. The molecule has 0 unspecified atom stereocenters. The summed E-state index contributed by atoms with van der Waals surface area (Å²) < 4.78 is 3.57. The average Bonchev–Trinajstić information content (AvgIpc) is 2.90. The molecule has 1 N–H and O–H groups in total. The van der Waals surface area contributed by atoms with Gasteiger partial charge in [0.2, 0.25) is 0 Å². The van der Waals surface area contributed by atoms with Crippen molar-refractivity contribution in [3.63, 3.8) is 0 Å². The van der Waals surface area contributed by atoms with E-state index in [4.69, 9.17) is 0 Å². The number of halogens is 2. The van der Waals surface area contributed by atoms with Crippen LogP contribution in [0.3, 0.4) is 0 Å². The van der Waals surface area contributed by atoms with Gasteiger partial charge in [0.05, 0.1) is 5.69 Å². The van der Waals surface area contributed by atoms with E-state index in [1.54, 1.807) is 4.68 Å². The van der Waals surface area contributed by atoms with Gasteiger partial charge in [0.25, 0.3) is 0 Å². The first-order valence-corrected chi connectivity index (χ1v) is 7.87. The molecule has 20 heavy (non-hydrogen) atoms. The van der Waals surface area contributed by atoms with E-state index in [2.05, 4.69) is 37.0 Å². The Balaban J connectivity index is 2.27. The molecule has 1 heterocycles. The largest absolute Gasteiger partial charge is 0.476 e. The molecule has 4 nitrogen and oxygen atoms in total. The van der Waals surface area contributed by atoms with E-state index in [0.717, 1.165) is 50.7 Å². The van der Waals surface area contributed by atoms with Crippen LogP contribution in [-0.2, 0) is 12.8 Å². The van der Waals surface area contributed by atoms with Crippen molar-refractivity contribution in [2.45, 2.75) is 26.2 Å². The second-order valence-corrected chi connectivity index (χ2v) is 6.63. The zero-order chi connectivity index (χ0) is 14.4. The van der Waals surface area contributed by atoms with Gasteiger partial charge in [-0.1, -0.05) is 0 Å². The topological polar surface area (TPSA) is 55.1 Å².